The molecule has 76 heavy (non-hydrogen) atoms. The molecule has 0 saturated carbocycles. The average molecular weight is 969 g/mol. The van der Waals surface area contributed by atoms with Crippen molar-refractivity contribution in [1.82, 2.24) is 24.1 Å². The Balaban J connectivity index is 1.04. The van der Waals surface area contributed by atoms with Gasteiger partial charge in [-0.2, -0.15) is 5.26 Å². The molecule has 0 aliphatic rings. The topological polar surface area (TPSA) is 72.3 Å². The molecule has 11 aromatic carbocycles. The van der Waals surface area contributed by atoms with Crippen molar-refractivity contribution in [3.8, 4) is 96.1 Å². The summed E-state index contributed by atoms with van der Waals surface area (Å²) in [6.07, 6.45) is 0. The minimum atomic E-state index is 0.564. The SMILES string of the molecule is N#Cc1cccc(-c2cc(-c3cc(-c4nc(-c5ccccc5)nc(-c5ccccc5)n4)ccc3-n3c4ccccc4c4cc(-c5ccccc5)ccc43)ccc2-n2c3ccccc3c3cc(-c4ccccc4)ccc32)c1. The standard InChI is InChI=1S/C70H44N6/c71-45-46-18-17-27-53(40-46)58-43-54(34-38-64(58)75-62-30-15-13-28-56(62)60-41-51(32-36-66(60)75)47-19-5-1-6-20-47)59-44-55(70-73-68(49-23-9-3-10-24-49)72-69(74-70)50-25-11-4-12-26-50)35-39-65(59)76-63-31-16-14-29-57(63)61-42-52(33-37-67(61)76)48-21-7-2-8-22-48/h1-44H. The molecular formula is C70H44N6. The number of hydrogen-bond acceptors (Lipinski definition) is 4. The van der Waals surface area contributed by atoms with Crippen LogP contribution in [0.25, 0.3) is 134 Å². The van der Waals surface area contributed by atoms with Gasteiger partial charge in [0.2, 0.25) is 0 Å². The van der Waals surface area contributed by atoms with Gasteiger partial charge in [0.15, 0.2) is 17.5 Å². The van der Waals surface area contributed by atoms with Gasteiger partial charge >= 0.3 is 0 Å². The molecule has 0 amide bonds. The molecule has 0 radical (unpaired) electrons. The number of fused-ring (bicyclic) bond motifs is 6. The van der Waals surface area contributed by atoms with Crippen LogP contribution in [-0.2, 0) is 0 Å². The third-order valence-electron chi connectivity index (χ3n) is 14.6. The van der Waals surface area contributed by atoms with Crippen LogP contribution in [-0.4, -0.2) is 24.1 Å². The van der Waals surface area contributed by atoms with Gasteiger partial charge in [0.25, 0.3) is 0 Å². The normalized spacial score (nSPS) is 11.4. The van der Waals surface area contributed by atoms with Gasteiger partial charge in [-0.3, -0.25) is 0 Å². The van der Waals surface area contributed by atoms with Crippen LogP contribution in [0.15, 0.2) is 267 Å². The molecule has 3 aromatic heterocycles. The van der Waals surface area contributed by atoms with Gasteiger partial charge in [0.1, 0.15) is 0 Å². The zero-order valence-electron chi connectivity index (χ0n) is 41.1. The molecule has 0 unspecified atom stereocenters. The monoisotopic (exact) mass is 968 g/mol. The second-order valence-electron chi connectivity index (χ2n) is 19.1. The first-order chi connectivity index (χ1) is 37.6. The zero-order chi connectivity index (χ0) is 50.5. The number of aromatic nitrogens is 5. The van der Waals surface area contributed by atoms with E-state index in [1.54, 1.807) is 0 Å². The van der Waals surface area contributed by atoms with Gasteiger partial charge in [0, 0.05) is 49.4 Å². The molecule has 0 atom stereocenters. The van der Waals surface area contributed by atoms with Crippen molar-refractivity contribution in [3.63, 3.8) is 0 Å². The summed E-state index contributed by atoms with van der Waals surface area (Å²) in [7, 11) is 0. The Labute approximate surface area is 439 Å². The molecule has 0 saturated heterocycles. The van der Waals surface area contributed by atoms with Gasteiger partial charge in [-0.25, -0.2) is 15.0 Å². The Kier molecular flexibility index (Phi) is 10.8. The zero-order valence-corrected chi connectivity index (χ0v) is 41.1. The van der Waals surface area contributed by atoms with Crippen LogP contribution in [0.2, 0.25) is 0 Å². The highest BCUT2D eigenvalue weighted by atomic mass is 15.0. The van der Waals surface area contributed by atoms with Crippen LogP contribution in [0.3, 0.4) is 0 Å². The molecule has 0 spiro atoms. The Morgan fingerprint density at radius 2 is 0.632 bits per heavy atom. The first kappa shape index (κ1) is 44.2. The van der Waals surface area contributed by atoms with Crippen LogP contribution >= 0.6 is 0 Å². The lowest BCUT2D eigenvalue weighted by molar-refractivity contribution is 1.07. The van der Waals surface area contributed by atoms with Crippen molar-refractivity contribution in [2.45, 2.75) is 0 Å². The first-order valence-corrected chi connectivity index (χ1v) is 25.5. The highest BCUT2D eigenvalue weighted by Crippen LogP contribution is 2.44. The summed E-state index contributed by atoms with van der Waals surface area (Å²) in [5.74, 6) is 1.75. The van der Waals surface area contributed by atoms with Crippen LogP contribution in [0.4, 0.5) is 0 Å². The maximum atomic E-state index is 10.3. The summed E-state index contributed by atoms with van der Waals surface area (Å²) in [4.78, 5) is 15.5. The van der Waals surface area contributed by atoms with E-state index >= 15 is 0 Å². The predicted octanol–water partition coefficient (Wildman–Crippen LogP) is 17.6. The summed E-state index contributed by atoms with van der Waals surface area (Å²) in [5, 5.41) is 15.0. The summed E-state index contributed by atoms with van der Waals surface area (Å²) in [6.45, 7) is 0. The summed E-state index contributed by atoms with van der Waals surface area (Å²) in [6, 6.07) is 96.0. The lowest BCUT2D eigenvalue weighted by Gasteiger charge is -2.19. The van der Waals surface area contributed by atoms with E-state index in [2.05, 4.69) is 203 Å². The third-order valence-corrected chi connectivity index (χ3v) is 14.6. The Morgan fingerprint density at radius 3 is 1.12 bits per heavy atom. The molecule has 14 aromatic rings. The Bertz CT molecular complexity index is 4510. The quantitative estimate of drug-likeness (QED) is 0.144. The molecule has 14 rings (SSSR count). The fourth-order valence-corrected chi connectivity index (χ4v) is 11.0. The maximum absolute atomic E-state index is 10.3. The van der Waals surface area contributed by atoms with E-state index in [4.69, 9.17) is 15.0 Å². The summed E-state index contributed by atoms with van der Waals surface area (Å²) in [5.41, 5.74) is 18.1. The second kappa shape index (κ2) is 18.5. The van der Waals surface area contributed by atoms with Gasteiger partial charge in [-0.15, -0.1) is 0 Å². The molecule has 6 heteroatoms. The minimum Gasteiger partial charge on any atom is -0.309 e. The summed E-state index contributed by atoms with van der Waals surface area (Å²) >= 11 is 0. The number of nitrogens with zero attached hydrogens (tertiary/aromatic N) is 6. The largest absolute Gasteiger partial charge is 0.309 e. The van der Waals surface area contributed by atoms with Crippen LogP contribution in [0.1, 0.15) is 5.56 Å². The van der Waals surface area contributed by atoms with E-state index in [-0.39, 0.29) is 0 Å². The lowest BCUT2D eigenvalue weighted by atomic mass is 9.94. The van der Waals surface area contributed by atoms with Crippen molar-refractivity contribution < 1.29 is 0 Å². The highest BCUT2D eigenvalue weighted by molar-refractivity contribution is 6.12. The van der Waals surface area contributed by atoms with Gasteiger partial charge in [-0.05, 0) is 112 Å². The second-order valence-corrected chi connectivity index (χ2v) is 19.1. The fourth-order valence-electron chi connectivity index (χ4n) is 11.0. The molecule has 0 fully saturated rings. The molecule has 0 aliphatic heterocycles. The van der Waals surface area contributed by atoms with E-state index in [1.807, 2.05) is 78.9 Å². The highest BCUT2D eigenvalue weighted by Gasteiger charge is 2.22. The van der Waals surface area contributed by atoms with Crippen molar-refractivity contribution in [1.29, 1.82) is 5.26 Å². The number of para-hydroxylation sites is 2. The van der Waals surface area contributed by atoms with Crippen molar-refractivity contribution in [3.05, 3.63) is 272 Å². The van der Waals surface area contributed by atoms with Crippen LogP contribution < -0.4 is 0 Å². The van der Waals surface area contributed by atoms with E-state index < -0.39 is 0 Å². The Morgan fingerprint density at radius 1 is 0.263 bits per heavy atom. The first-order valence-electron chi connectivity index (χ1n) is 25.5. The molecule has 6 nitrogen and oxygen atoms in total. The predicted molar refractivity (Wildman–Crippen MR) is 311 cm³/mol. The summed E-state index contributed by atoms with van der Waals surface area (Å²) < 4.78 is 4.78. The number of benzene rings is 11. The van der Waals surface area contributed by atoms with Gasteiger partial charge < -0.3 is 9.13 Å². The fraction of sp³-hybridized carbons (Fsp3) is 0. The van der Waals surface area contributed by atoms with Crippen molar-refractivity contribution >= 4 is 43.6 Å². The van der Waals surface area contributed by atoms with Crippen molar-refractivity contribution in [2.75, 3.05) is 0 Å². The van der Waals surface area contributed by atoms with Gasteiger partial charge in [0.05, 0.1) is 45.1 Å². The maximum Gasteiger partial charge on any atom is 0.164 e. The number of rotatable bonds is 9. The molecule has 0 N–H and O–H groups in total. The van der Waals surface area contributed by atoms with Crippen LogP contribution in [0, 0.1) is 11.3 Å². The average Bonchev–Trinajstić information content (AvgIpc) is 4.06. The number of hydrogen-bond donors (Lipinski definition) is 0. The smallest absolute Gasteiger partial charge is 0.164 e. The molecule has 0 aliphatic carbocycles. The van der Waals surface area contributed by atoms with E-state index in [0.29, 0.717) is 23.0 Å². The molecule has 354 valence electrons. The Hall–Kier alpha value is -10.5. The lowest BCUT2D eigenvalue weighted by Crippen LogP contribution is -2.02. The van der Waals surface area contributed by atoms with E-state index in [0.717, 1.165) is 105 Å². The minimum absolute atomic E-state index is 0.564. The molecular weight excluding hydrogens is 925 g/mol. The third kappa shape index (κ3) is 7.70. The molecule has 3 heterocycles. The molecule has 0 bridgehead atoms. The van der Waals surface area contributed by atoms with Crippen LogP contribution in [0.5, 0.6) is 0 Å². The van der Waals surface area contributed by atoms with Crippen molar-refractivity contribution in [2.24, 2.45) is 0 Å². The van der Waals surface area contributed by atoms with Gasteiger partial charge in [-0.1, -0.05) is 188 Å². The number of nitriles is 1. The van der Waals surface area contributed by atoms with E-state index in [1.165, 1.54) is 11.1 Å². The van der Waals surface area contributed by atoms with E-state index in [9.17, 15) is 5.26 Å².